The number of halogens is 7. The second kappa shape index (κ2) is 4.29. The van der Waals surface area contributed by atoms with Crippen LogP contribution in [0.25, 0.3) is 0 Å². The predicted molar refractivity (Wildman–Crippen MR) is 47.9 cm³/mol. The van der Waals surface area contributed by atoms with E-state index < -0.39 is 28.9 Å². The number of ether oxygens (including phenoxy) is 1. The Kier molecular flexibility index (Phi) is 3.52. The predicted octanol–water partition coefficient (Wildman–Crippen LogP) is 4.57. The van der Waals surface area contributed by atoms with Crippen molar-refractivity contribution in [1.29, 1.82) is 0 Å². The van der Waals surface area contributed by atoms with Crippen LogP contribution in [-0.4, -0.2) is 6.36 Å². The van der Waals surface area contributed by atoms with Crippen LogP contribution in [0.1, 0.15) is 11.1 Å². The number of hydrogen-bond acceptors (Lipinski definition) is 1. The van der Waals surface area contributed by atoms with Crippen molar-refractivity contribution in [3.8, 4) is 5.75 Å². The van der Waals surface area contributed by atoms with Crippen molar-refractivity contribution in [3.05, 3.63) is 28.3 Å². The zero-order valence-corrected chi connectivity index (χ0v) is 8.96. The van der Waals surface area contributed by atoms with Crippen LogP contribution >= 0.6 is 11.6 Å². The lowest BCUT2D eigenvalue weighted by Crippen LogP contribution is -2.18. The molecule has 0 aliphatic carbocycles. The molecule has 0 radical (unpaired) electrons. The van der Waals surface area contributed by atoms with Gasteiger partial charge in [0.1, 0.15) is 5.75 Å². The largest absolute Gasteiger partial charge is 0.573 e. The van der Waals surface area contributed by atoms with Crippen LogP contribution in [0.4, 0.5) is 26.3 Å². The van der Waals surface area contributed by atoms with Gasteiger partial charge in [-0.05, 0) is 24.6 Å². The second-order valence-electron chi connectivity index (χ2n) is 3.12. The van der Waals surface area contributed by atoms with Crippen molar-refractivity contribution in [2.75, 3.05) is 0 Å². The standard InChI is InChI=1S/C9H5ClF6O/c1-4-6(8(11,12)13)2-5(3-7(4)10)17-9(14,15)16/h2-3H,1H3. The van der Waals surface area contributed by atoms with Crippen molar-refractivity contribution in [2.24, 2.45) is 0 Å². The van der Waals surface area contributed by atoms with Gasteiger partial charge in [0.2, 0.25) is 0 Å². The average molecular weight is 279 g/mol. The molecule has 0 saturated carbocycles. The molecule has 1 rings (SSSR count). The molecule has 0 aromatic heterocycles. The second-order valence-corrected chi connectivity index (χ2v) is 3.53. The van der Waals surface area contributed by atoms with Gasteiger partial charge in [-0.1, -0.05) is 11.6 Å². The van der Waals surface area contributed by atoms with Gasteiger partial charge in [0.15, 0.2) is 0 Å². The maximum Gasteiger partial charge on any atom is 0.573 e. The van der Waals surface area contributed by atoms with Crippen LogP contribution in [0.3, 0.4) is 0 Å². The average Bonchev–Trinajstić information content (AvgIpc) is 2.06. The zero-order valence-electron chi connectivity index (χ0n) is 8.21. The summed E-state index contributed by atoms with van der Waals surface area (Å²) in [7, 11) is 0. The van der Waals surface area contributed by atoms with Crippen molar-refractivity contribution in [3.63, 3.8) is 0 Å². The van der Waals surface area contributed by atoms with Gasteiger partial charge >= 0.3 is 12.5 Å². The molecule has 1 nitrogen and oxygen atoms in total. The fourth-order valence-electron chi connectivity index (χ4n) is 1.14. The molecule has 0 unspecified atom stereocenters. The smallest absolute Gasteiger partial charge is 0.406 e. The first kappa shape index (κ1) is 14.0. The lowest BCUT2D eigenvalue weighted by atomic mass is 10.1. The van der Waals surface area contributed by atoms with Crippen LogP contribution in [0.2, 0.25) is 5.02 Å². The monoisotopic (exact) mass is 278 g/mol. The van der Waals surface area contributed by atoms with Crippen LogP contribution in [0.15, 0.2) is 12.1 Å². The van der Waals surface area contributed by atoms with Gasteiger partial charge in [0.05, 0.1) is 5.56 Å². The van der Waals surface area contributed by atoms with Crippen LogP contribution in [0, 0.1) is 6.92 Å². The Bertz CT molecular complexity index is 423. The summed E-state index contributed by atoms with van der Waals surface area (Å²) in [5.41, 5.74) is -1.61. The van der Waals surface area contributed by atoms with E-state index in [-0.39, 0.29) is 11.6 Å². The highest BCUT2D eigenvalue weighted by Gasteiger charge is 2.36. The van der Waals surface area contributed by atoms with Crippen molar-refractivity contribution < 1.29 is 31.1 Å². The lowest BCUT2D eigenvalue weighted by Gasteiger charge is -2.15. The molecule has 1 aromatic carbocycles. The van der Waals surface area contributed by atoms with E-state index >= 15 is 0 Å². The molecule has 17 heavy (non-hydrogen) atoms. The Morgan fingerprint density at radius 3 is 2.00 bits per heavy atom. The minimum Gasteiger partial charge on any atom is -0.406 e. The Hall–Kier alpha value is -1.11. The van der Waals surface area contributed by atoms with Crippen LogP contribution in [0.5, 0.6) is 5.75 Å². The Morgan fingerprint density at radius 2 is 1.59 bits per heavy atom. The molecule has 0 saturated heterocycles. The minimum absolute atomic E-state index is 0.259. The quantitative estimate of drug-likeness (QED) is 0.684. The number of hydrogen-bond donors (Lipinski definition) is 0. The first-order valence-electron chi connectivity index (χ1n) is 4.14. The molecule has 1 aromatic rings. The topological polar surface area (TPSA) is 9.23 Å². The summed E-state index contributed by atoms with van der Waals surface area (Å²) in [5.74, 6) is -1.000. The van der Waals surface area contributed by atoms with E-state index in [9.17, 15) is 26.3 Å². The Labute approximate surface area is 96.9 Å². The molecule has 0 bridgehead atoms. The summed E-state index contributed by atoms with van der Waals surface area (Å²) < 4.78 is 76.3. The van der Waals surface area contributed by atoms with Crippen molar-refractivity contribution in [1.82, 2.24) is 0 Å². The molecular formula is C9H5ClF6O. The van der Waals surface area contributed by atoms with E-state index in [1.54, 1.807) is 0 Å². The fraction of sp³-hybridized carbons (Fsp3) is 0.333. The number of rotatable bonds is 1. The van der Waals surface area contributed by atoms with Crippen molar-refractivity contribution >= 4 is 11.6 Å². The van der Waals surface area contributed by atoms with Gasteiger partial charge in [-0.3, -0.25) is 0 Å². The summed E-state index contributed by atoms with van der Waals surface area (Å²) >= 11 is 5.41. The SMILES string of the molecule is Cc1c(Cl)cc(OC(F)(F)F)cc1C(F)(F)F. The van der Waals surface area contributed by atoms with Gasteiger partial charge < -0.3 is 4.74 Å². The molecule has 0 atom stereocenters. The molecule has 0 aliphatic heterocycles. The maximum atomic E-state index is 12.4. The molecule has 8 heteroatoms. The van der Waals surface area contributed by atoms with E-state index in [0.717, 1.165) is 6.92 Å². The van der Waals surface area contributed by atoms with E-state index in [4.69, 9.17) is 11.6 Å². The van der Waals surface area contributed by atoms with Gasteiger partial charge in [-0.25, -0.2) is 0 Å². The summed E-state index contributed by atoms with van der Waals surface area (Å²) in [6.45, 7) is 1.06. The van der Waals surface area contributed by atoms with Gasteiger partial charge in [-0.2, -0.15) is 13.2 Å². The van der Waals surface area contributed by atoms with Gasteiger partial charge in [-0.15, -0.1) is 13.2 Å². The fourth-order valence-corrected chi connectivity index (χ4v) is 1.35. The molecule has 0 amide bonds. The highest BCUT2D eigenvalue weighted by Crippen LogP contribution is 2.38. The number of benzene rings is 1. The summed E-state index contributed by atoms with van der Waals surface area (Å²) in [4.78, 5) is 0. The first-order chi connectivity index (χ1) is 7.50. The third kappa shape index (κ3) is 3.69. The van der Waals surface area contributed by atoms with E-state index in [0.29, 0.717) is 6.07 Å². The normalized spacial score (nSPS) is 12.7. The zero-order chi connectivity index (χ0) is 13.4. The van der Waals surface area contributed by atoms with E-state index in [1.807, 2.05) is 0 Å². The number of alkyl halides is 6. The molecule has 0 N–H and O–H groups in total. The van der Waals surface area contributed by atoms with Crippen LogP contribution in [-0.2, 0) is 6.18 Å². The molecule has 0 aliphatic rings. The first-order valence-corrected chi connectivity index (χ1v) is 4.51. The lowest BCUT2D eigenvalue weighted by molar-refractivity contribution is -0.274. The molecule has 96 valence electrons. The van der Waals surface area contributed by atoms with Gasteiger partial charge in [0, 0.05) is 5.02 Å². The van der Waals surface area contributed by atoms with Crippen molar-refractivity contribution in [2.45, 2.75) is 19.5 Å². The molecule has 0 fully saturated rings. The Balaban J connectivity index is 3.25. The summed E-state index contributed by atoms with van der Waals surface area (Å²) in [5, 5.41) is -0.445. The Morgan fingerprint density at radius 1 is 1.06 bits per heavy atom. The van der Waals surface area contributed by atoms with E-state index in [1.165, 1.54) is 0 Å². The van der Waals surface area contributed by atoms with Crippen LogP contribution < -0.4 is 4.74 Å². The van der Waals surface area contributed by atoms with Gasteiger partial charge in [0.25, 0.3) is 0 Å². The molecule has 0 heterocycles. The molecule has 0 spiro atoms. The highest BCUT2D eigenvalue weighted by molar-refractivity contribution is 6.31. The minimum atomic E-state index is -5.07. The maximum absolute atomic E-state index is 12.4. The third-order valence-electron chi connectivity index (χ3n) is 1.86. The third-order valence-corrected chi connectivity index (χ3v) is 2.25. The highest BCUT2D eigenvalue weighted by atomic mass is 35.5. The summed E-state index contributed by atoms with van der Waals surface area (Å²) in [6, 6.07) is 0.939. The molecular weight excluding hydrogens is 274 g/mol. The van der Waals surface area contributed by atoms with E-state index in [2.05, 4.69) is 4.74 Å². The summed E-state index contributed by atoms with van der Waals surface area (Å²) in [6.07, 6.45) is -9.86.